The molecule has 0 unspecified atom stereocenters. The molecule has 1 fully saturated rings. The Kier molecular flexibility index (Phi) is 7.87. The maximum absolute atomic E-state index is 10.4. The van der Waals surface area contributed by atoms with Gasteiger partial charge in [0.05, 0.1) is 11.7 Å². The van der Waals surface area contributed by atoms with E-state index in [1.54, 1.807) is 0 Å². The van der Waals surface area contributed by atoms with Crippen molar-refractivity contribution in [2.75, 3.05) is 19.7 Å². The van der Waals surface area contributed by atoms with E-state index in [-0.39, 0.29) is 0 Å². The van der Waals surface area contributed by atoms with E-state index in [0.717, 1.165) is 45.4 Å². The van der Waals surface area contributed by atoms with E-state index in [1.165, 1.54) is 25.7 Å². The van der Waals surface area contributed by atoms with Gasteiger partial charge in [0.1, 0.15) is 0 Å². The Bertz CT molecular complexity index is 199. The van der Waals surface area contributed by atoms with E-state index in [2.05, 4.69) is 19.2 Å². The van der Waals surface area contributed by atoms with E-state index in [9.17, 15) is 5.11 Å². The second kappa shape index (κ2) is 8.89. The zero-order chi connectivity index (χ0) is 13.3. The minimum absolute atomic E-state index is 0.338. The van der Waals surface area contributed by atoms with Gasteiger partial charge in [0.25, 0.3) is 0 Å². The van der Waals surface area contributed by atoms with E-state index in [1.807, 2.05) is 0 Å². The van der Waals surface area contributed by atoms with Crippen LogP contribution in [0.5, 0.6) is 0 Å². The van der Waals surface area contributed by atoms with Crippen LogP contribution in [0.4, 0.5) is 0 Å². The Morgan fingerprint density at radius 3 is 2.39 bits per heavy atom. The summed E-state index contributed by atoms with van der Waals surface area (Å²) in [6.45, 7) is 6.74. The zero-order valence-electron chi connectivity index (χ0n) is 12.2. The number of ether oxygens (including phenoxy) is 1. The molecule has 0 aromatic carbocycles. The third kappa shape index (κ3) is 7.34. The molecule has 1 rings (SSSR count). The normalized spacial score (nSPS) is 20.0. The number of unbranched alkanes of at least 4 members (excludes halogenated alkanes) is 1. The van der Waals surface area contributed by atoms with Gasteiger partial charge >= 0.3 is 0 Å². The number of rotatable bonds is 8. The number of nitrogens with one attached hydrogen (secondary N) is 1. The van der Waals surface area contributed by atoms with Gasteiger partial charge < -0.3 is 15.2 Å². The summed E-state index contributed by atoms with van der Waals surface area (Å²) in [5, 5.41) is 13.8. The smallest absolute Gasteiger partial charge is 0.0771 e. The highest BCUT2D eigenvalue weighted by Gasteiger charge is 2.26. The summed E-state index contributed by atoms with van der Waals surface area (Å²) < 4.78 is 5.50. The van der Waals surface area contributed by atoms with Crippen LogP contribution >= 0.6 is 0 Å². The lowest BCUT2D eigenvalue weighted by Crippen LogP contribution is -2.40. The maximum Gasteiger partial charge on any atom is 0.0771 e. The molecule has 0 aliphatic heterocycles. The van der Waals surface area contributed by atoms with Crippen LogP contribution in [0.15, 0.2) is 0 Å². The minimum Gasteiger partial charge on any atom is -0.389 e. The summed E-state index contributed by atoms with van der Waals surface area (Å²) in [5.74, 6) is 0. The van der Waals surface area contributed by atoms with Gasteiger partial charge in [0, 0.05) is 13.2 Å². The predicted molar refractivity (Wildman–Crippen MR) is 75.8 cm³/mol. The van der Waals surface area contributed by atoms with Gasteiger partial charge in [-0.1, -0.05) is 25.7 Å². The van der Waals surface area contributed by atoms with E-state index >= 15 is 0 Å². The fraction of sp³-hybridized carbons (Fsp3) is 1.00. The molecule has 0 aromatic rings. The fourth-order valence-electron chi connectivity index (χ4n) is 2.56. The molecule has 1 saturated carbocycles. The predicted octanol–water partition coefficient (Wildman–Crippen LogP) is 2.87. The Morgan fingerprint density at radius 2 is 1.78 bits per heavy atom. The van der Waals surface area contributed by atoms with Crippen LogP contribution in [-0.4, -0.2) is 36.5 Å². The lowest BCUT2D eigenvalue weighted by molar-refractivity contribution is 0.0251. The topological polar surface area (TPSA) is 41.5 Å². The first-order valence-corrected chi connectivity index (χ1v) is 7.67. The third-order valence-electron chi connectivity index (χ3n) is 3.69. The standard InChI is InChI=1S/C15H31NO2/c1-14(2)18-12-8-7-11-16-13-15(17)9-5-3-4-6-10-15/h14,16-17H,3-13H2,1-2H3. The van der Waals surface area contributed by atoms with Gasteiger partial charge in [-0.15, -0.1) is 0 Å². The molecule has 3 nitrogen and oxygen atoms in total. The van der Waals surface area contributed by atoms with Crippen molar-refractivity contribution in [2.45, 2.75) is 76.9 Å². The van der Waals surface area contributed by atoms with Crippen molar-refractivity contribution in [1.29, 1.82) is 0 Å². The van der Waals surface area contributed by atoms with Gasteiger partial charge in [-0.25, -0.2) is 0 Å². The number of aliphatic hydroxyl groups is 1. The first kappa shape index (κ1) is 15.9. The van der Waals surface area contributed by atoms with Crippen molar-refractivity contribution in [1.82, 2.24) is 5.32 Å². The van der Waals surface area contributed by atoms with Crippen molar-refractivity contribution in [3.8, 4) is 0 Å². The molecule has 108 valence electrons. The monoisotopic (exact) mass is 257 g/mol. The molecule has 1 aliphatic rings. The SMILES string of the molecule is CC(C)OCCCCNCC1(O)CCCCCC1. The molecule has 0 spiro atoms. The summed E-state index contributed by atoms with van der Waals surface area (Å²) in [7, 11) is 0. The van der Waals surface area contributed by atoms with Gasteiger partial charge in [0.15, 0.2) is 0 Å². The first-order valence-electron chi connectivity index (χ1n) is 7.67. The van der Waals surface area contributed by atoms with Crippen LogP contribution in [0.2, 0.25) is 0 Å². The zero-order valence-corrected chi connectivity index (χ0v) is 12.2. The van der Waals surface area contributed by atoms with E-state index in [0.29, 0.717) is 6.10 Å². The van der Waals surface area contributed by atoms with E-state index in [4.69, 9.17) is 4.74 Å². The number of hydrogen-bond donors (Lipinski definition) is 2. The molecule has 18 heavy (non-hydrogen) atoms. The van der Waals surface area contributed by atoms with Crippen molar-refractivity contribution in [3.63, 3.8) is 0 Å². The van der Waals surface area contributed by atoms with Crippen LogP contribution in [0.3, 0.4) is 0 Å². The van der Waals surface area contributed by atoms with Crippen molar-refractivity contribution >= 4 is 0 Å². The maximum atomic E-state index is 10.4. The lowest BCUT2D eigenvalue weighted by Gasteiger charge is -2.27. The highest BCUT2D eigenvalue weighted by molar-refractivity contribution is 4.83. The van der Waals surface area contributed by atoms with Crippen LogP contribution in [-0.2, 0) is 4.74 Å². The van der Waals surface area contributed by atoms with Crippen LogP contribution < -0.4 is 5.32 Å². The summed E-state index contributed by atoms with van der Waals surface area (Å²) in [4.78, 5) is 0. The average Bonchev–Trinajstić information content (AvgIpc) is 2.53. The molecule has 0 heterocycles. The highest BCUT2D eigenvalue weighted by atomic mass is 16.5. The molecule has 0 bridgehead atoms. The number of hydrogen-bond acceptors (Lipinski definition) is 3. The molecule has 0 amide bonds. The Labute approximate surface area is 112 Å². The Hall–Kier alpha value is -0.120. The quantitative estimate of drug-likeness (QED) is 0.519. The van der Waals surface area contributed by atoms with Gasteiger partial charge in [0.2, 0.25) is 0 Å². The minimum atomic E-state index is -0.440. The fourth-order valence-corrected chi connectivity index (χ4v) is 2.56. The second-order valence-corrected chi connectivity index (χ2v) is 5.94. The first-order chi connectivity index (χ1) is 8.62. The summed E-state index contributed by atoms with van der Waals surface area (Å²) in [5.41, 5.74) is -0.440. The summed E-state index contributed by atoms with van der Waals surface area (Å²) in [6, 6.07) is 0. The molecule has 0 aromatic heterocycles. The van der Waals surface area contributed by atoms with E-state index < -0.39 is 5.60 Å². The van der Waals surface area contributed by atoms with Crippen molar-refractivity contribution in [3.05, 3.63) is 0 Å². The van der Waals surface area contributed by atoms with Crippen molar-refractivity contribution < 1.29 is 9.84 Å². The molecule has 0 saturated heterocycles. The Balaban J connectivity index is 1.99. The van der Waals surface area contributed by atoms with Gasteiger partial charge in [-0.05, 0) is 46.1 Å². The van der Waals surface area contributed by atoms with Gasteiger partial charge in [-0.3, -0.25) is 0 Å². The lowest BCUT2D eigenvalue weighted by atomic mass is 9.94. The Morgan fingerprint density at radius 1 is 1.11 bits per heavy atom. The largest absolute Gasteiger partial charge is 0.389 e. The molecule has 2 N–H and O–H groups in total. The highest BCUT2D eigenvalue weighted by Crippen LogP contribution is 2.26. The van der Waals surface area contributed by atoms with Crippen molar-refractivity contribution in [2.24, 2.45) is 0 Å². The molecule has 0 atom stereocenters. The van der Waals surface area contributed by atoms with Crippen LogP contribution in [0.25, 0.3) is 0 Å². The summed E-state index contributed by atoms with van der Waals surface area (Å²) >= 11 is 0. The molecular weight excluding hydrogens is 226 g/mol. The van der Waals surface area contributed by atoms with Crippen LogP contribution in [0, 0.1) is 0 Å². The second-order valence-electron chi connectivity index (χ2n) is 5.94. The molecule has 3 heteroatoms. The van der Waals surface area contributed by atoms with Gasteiger partial charge in [-0.2, -0.15) is 0 Å². The molecule has 0 radical (unpaired) electrons. The molecule has 1 aliphatic carbocycles. The average molecular weight is 257 g/mol. The third-order valence-corrected chi connectivity index (χ3v) is 3.69. The molecular formula is C15H31NO2. The van der Waals surface area contributed by atoms with Crippen LogP contribution in [0.1, 0.15) is 65.2 Å². The summed E-state index contributed by atoms with van der Waals surface area (Å²) in [6.07, 6.45) is 9.44.